The lowest BCUT2D eigenvalue weighted by molar-refractivity contribution is -0.151. The summed E-state index contributed by atoms with van der Waals surface area (Å²) >= 11 is 0. The van der Waals surface area contributed by atoms with Crippen molar-refractivity contribution in [1.82, 2.24) is 0 Å². The number of ketones is 1. The van der Waals surface area contributed by atoms with Gasteiger partial charge < -0.3 is 9.47 Å². The van der Waals surface area contributed by atoms with Crippen LogP contribution in [-0.2, 0) is 9.53 Å². The topological polar surface area (TPSA) is 52.6 Å². The highest BCUT2D eigenvalue weighted by atomic mass is 16.6. The molecule has 4 heteroatoms. The summed E-state index contributed by atoms with van der Waals surface area (Å²) in [6, 6.07) is 6.88. The van der Waals surface area contributed by atoms with Crippen LogP contribution in [0.3, 0.4) is 0 Å². The number of carbonyl (C=O) groups excluding carboxylic acids is 2. The first kappa shape index (κ1) is 14.2. The molecule has 0 aromatic heterocycles. The van der Waals surface area contributed by atoms with Gasteiger partial charge in [0.15, 0.2) is 11.9 Å². The van der Waals surface area contributed by atoms with Gasteiger partial charge in [-0.1, -0.05) is 19.1 Å². The fraction of sp³-hybridized carbons (Fsp3) is 0.429. The van der Waals surface area contributed by atoms with E-state index in [0.29, 0.717) is 24.3 Å². The molecule has 0 spiro atoms. The minimum absolute atomic E-state index is 0.0932. The zero-order chi connectivity index (χ0) is 13.5. The van der Waals surface area contributed by atoms with Gasteiger partial charge in [-0.05, 0) is 32.4 Å². The minimum Gasteiger partial charge on any atom is -0.478 e. The van der Waals surface area contributed by atoms with Gasteiger partial charge in [0.2, 0.25) is 0 Å². The van der Waals surface area contributed by atoms with Crippen molar-refractivity contribution in [3.05, 3.63) is 29.8 Å². The Kier molecular flexibility index (Phi) is 5.36. The van der Waals surface area contributed by atoms with Crippen molar-refractivity contribution in [3.63, 3.8) is 0 Å². The molecule has 0 saturated carbocycles. The SMILES string of the molecule is CCOC(=O)C(CC)Oc1ccccc1C(C)=O. The predicted octanol–water partition coefficient (Wildman–Crippen LogP) is 2.61. The number of ether oxygens (including phenoxy) is 2. The average Bonchev–Trinajstić information content (AvgIpc) is 2.36. The van der Waals surface area contributed by atoms with E-state index in [-0.39, 0.29) is 5.78 Å². The van der Waals surface area contributed by atoms with Gasteiger partial charge in [0, 0.05) is 0 Å². The highest BCUT2D eigenvalue weighted by molar-refractivity contribution is 5.96. The molecule has 98 valence electrons. The van der Waals surface area contributed by atoms with E-state index >= 15 is 0 Å². The van der Waals surface area contributed by atoms with Crippen LogP contribution in [0.15, 0.2) is 24.3 Å². The van der Waals surface area contributed by atoms with Crippen molar-refractivity contribution >= 4 is 11.8 Å². The van der Waals surface area contributed by atoms with Gasteiger partial charge in [-0.3, -0.25) is 4.79 Å². The van der Waals surface area contributed by atoms with Gasteiger partial charge in [0.25, 0.3) is 0 Å². The van der Waals surface area contributed by atoms with Crippen LogP contribution in [0.25, 0.3) is 0 Å². The summed E-state index contributed by atoms with van der Waals surface area (Å²) in [6.07, 6.45) is -0.184. The van der Waals surface area contributed by atoms with E-state index in [9.17, 15) is 9.59 Å². The maximum Gasteiger partial charge on any atom is 0.347 e. The van der Waals surface area contributed by atoms with E-state index < -0.39 is 12.1 Å². The third-order valence-corrected chi connectivity index (χ3v) is 2.46. The molecule has 0 fully saturated rings. The highest BCUT2D eigenvalue weighted by Crippen LogP contribution is 2.21. The molecule has 0 aliphatic rings. The maximum absolute atomic E-state index is 11.6. The van der Waals surface area contributed by atoms with Crippen molar-refractivity contribution < 1.29 is 19.1 Å². The van der Waals surface area contributed by atoms with Crippen LogP contribution in [0.5, 0.6) is 5.75 Å². The number of benzene rings is 1. The van der Waals surface area contributed by atoms with Gasteiger partial charge in [-0.25, -0.2) is 4.79 Å². The lowest BCUT2D eigenvalue weighted by atomic mass is 10.1. The first-order chi connectivity index (χ1) is 8.60. The Bertz CT molecular complexity index is 426. The van der Waals surface area contributed by atoms with Crippen LogP contribution >= 0.6 is 0 Å². The summed E-state index contributed by atoms with van der Waals surface area (Å²) in [6.45, 7) is 5.35. The summed E-state index contributed by atoms with van der Waals surface area (Å²) in [7, 11) is 0. The predicted molar refractivity (Wildman–Crippen MR) is 67.8 cm³/mol. The molecule has 4 nitrogen and oxygen atoms in total. The van der Waals surface area contributed by atoms with Crippen LogP contribution in [0.1, 0.15) is 37.6 Å². The molecular formula is C14H18O4. The molecule has 0 saturated heterocycles. The lowest BCUT2D eigenvalue weighted by Crippen LogP contribution is -2.29. The fourth-order valence-electron chi connectivity index (χ4n) is 1.55. The molecule has 1 atom stereocenters. The molecule has 0 amide bonds. The van der Waals surface area contributed by atoms with Crippen molar-refractivity contribution in [3.8, 4) is 5.75 Å². The molecule has 0 bridgehead atoms. The number of hydrogen-bond acceptors (Lipinski definition) is 4. The minimum atomic E-state index is -0.676. The average molecular weight is 250 g/mol. The smallest absolute Gasteiger partial charge is 0.347 e. The fourth-order valence-corrected chi connectivity index (χ4v) is 1.55. The van der Waals surface area contributed by atoms with Gasteiger partial charge in [-0.15, -0.1) is 0 Å². The Balaban J connectivity index is 2.88. The van der Waals surface area contributed by atoms with E-state index in [1.54, 1.807) is 31.2 Å². The van der Waals surface area contributed by atoms with Gasteiger partial charge in [-0.2, -0.15) is 0 Å². The second kappa shape index (κ2) is 6.79. The molecule has 18 heavy (non-hydrogen) atoms. The summed E-state index contributed by atoms with van der Waals surface area (Å²) < 4.78 is 10.5. The number of para-hydroxylation sites is 1. The number of Topliss-reactive ketones (excluding diaryl/α,β-unsaturated/α-hetero) is 1. The van der Waals surface area contributed by atoms with Gasteiger partial charge >= 0.3 is 5.97 Å². The largest absolute Gasteiger partial charge is 0.478 e. The Morgan fingerprint density at radius 3 is 2.44 bits per heavy atom. The monoisotopic (exact) mass is 250 g/mol. The summed E-state index contributed by atoms with van der Waals surface area (Å²) in [4.78, 5) is 23.1. The zero-order valence-electron chi connectivity index (χ0n) is 10.9. The summed E-state index contributed by atoms with van der Waals surface area (Å²) in [5, 5.41) is 0. The second-order valence-corrected chi connectivity index (χ2v) is 3.82. The Labute approximate surface area is 107 Å². The third kappa shape index (κ3) is 3.58. The van der Waals surface area contributed by atoms with Crippen LogP contribution in [0, 0.1) is 0 Å². The van der Waals surface area contributed by atoms with E-state index in [0.717, 1.165) is 0 Å². The maximum atomic E-state index is 11.6. The first-order valence-corrected chi connectivity index (χ1v) is 6.03. The summed E-state index contributed by atoms with van der Waals surface area (Å²) in [5.41, 5.74) is 0.472. The molecule has 1 aromatic rings. The molecule has 0 heterocycles. The highest BCUT2D eigenvalue weighted by Gasteiger charge is 2.21. The number of esters is 1. The molecule has 0 aliphatic heterocycles. The molecule has 1 aromatic carbocycles. The molecule has 0 radical (unpaired) electrons. The molecule has 0 aliphatic carbocycles. The van der Waals surface area contributed by atoms with Crippen LogP contribution in [0.4, 0.5) is 0 Å². The second-order valence-electron chi connectivity index (χ2n) is 3.82. The van der Waals surface area contributed by atoms with Crippen molar-refractivity contribution in [2.75, 3.05) is 6.61 Å². The Morgan fingerprint density at radius 1 is 1.22 bits per heavy atom. The van der Waals surface area contributed by atoms with Gasteiger partial charge in [0.1, 0.15) is 5.75 Å². The quantitative estimate of drug-likeness (QED) is 0.575. The van der Waals surface area contributed by atoms with Crippen LogP contribution < -0.4 is 4.74 Å². The van der Waals surface area contributed by atoms with Crippen molar-refractivity contribution in [2.24, 2.45) is 0 Å². The van der Waals surface area contributed by atoms with E-state index in [1.807, 2.05) is 6.92 Å². The third-order valence-electron chi connectivity index (χ3n) is 2.46. The zero-order valence-corrected chi connectivity index (χ0v) is 10.9. The Hall–Kier alpha value is -1.84. The van der Waals surface area contributed by atoms with E-state index in [1.165, 1.54) is 6.92 Å². The van der Waals surface area contributed by atoms with Crippen molar-refractivity contribution in [2.45, 2.75) is 33.3 Å². The molecular weight excluding hydrogens is 232 g/mol. The molecule has 1 unspecified atom stereocenters. The standard InChI is InChI=1S/C14H18O4/c1-4-12(14(16)17-5-2)18-13-9-7-6-8-11(13)10(3)15/h6-9,12H,4-5H2,1-3H3. The molecule has 1 rings (SSSR count). The van der Waals surface area contributed by atoms with E-state index in [2.05, 4.69) is 0 Å². The summed E-state index contributed by atoms with van der Waals surface area (Å²) in [5.74, 6) is -0.0763. The molecule has 0 N–H and O–H groups in total. The number of hydrogen-bond donors (Lipinski definition) is 0. The Morgan fingerprint density at radius 2 is 1.89 bits per heavy atom. The number of carbonyl (C=O) groups is 2. The van der Waals surface area contributed by atoms with Gasteiger partial charge in [0.05, 0.1) is 12.2 Å². The number of rotatable bonds is 6. The van der Waals surface area contributed by atoms with Crippen LogP contribution in [0.2, 0.25) is 0 Å². The lowest BCUT2D eigenvalue weighted by Gasteiger charge is -2.17. The van der Waals surface area contributed by atoms with Crippen LogP contribution in [-0.4, -0.2) is 24.5 Å². The van der Waals surface area contributed by atoms with Crippen molar-refractivity contribution in [1.29, 1.82) is 0 Å². The normalized spacial score (nSPS) is 11.7. The first-order valence-electron chi connectivity index (χ1n) is 6.03. The van der Waals surface area contributed by atoms with E-state index in [4.69, 9.17) is 9.47 Å².